The Labute approximate surface area is 208 Å². The summed E-state index contributed by atoms with van der Waals surface area (Å²) in [7, 11) is -2.24. The van der Waals surface area contributed by atoms with Gasteiger partial charge in [-0.1, -0.05) is 18.2 Å². The van der Waals surface area contributed by atoms with Gasteiger partial charge in [-0.25, -0.2) is 9.78 Å². The van der Waals surface area contributed by atoms with Crippen molar-refractivity contribution >= 4 is 42.9 Å². The summed E-state index contributed by atoms with van der Waals surface area (Å²) >= 11 is 1.30. The third-order valence-corrected chi connectivity index (χ3v) is 8.46. The van der Waals surface area contributed by atoms with Gasteiger partial charge in [0.05, 0.1) is 22.2 Å². The highest BCUT2D eigenvalue weighted by atomic mass is 32.2. The van der Waals surface area contributed by atoms with Crippen molar-refractivity contribution in [1.82, 2.24) is 14.1 Å². The molecule has 1 N–H and O–H groups in total. The van der Waals surface area contributed by atoms with Crippen LogP contribution in [0.1, 0.15) is 20.8 Å². The molecule has 1 atom stereocenters. The number of aromatic nitrogens is 3. The Morgan fingerprint density at radius 1 is 1.14 bits per heavy atom. The molecule has 1 unspecified atom stereocenters. The van der Waals surface area contributed by atoms with Gasteiger partial charge in [-0.2, -0.15) is 0 Å². The van der Waals surface area contributed by atoms with E-state index in [0.29, 0.717) is 11.4 Å². The van der Waals surface area contributed by atoms with Gasteiger partial charge in [0, 0.05) is 41.3 Å². The number of carboxylic acids is 1. The third-order valence-electron chi connectivity index (χ3n) is 6.13. The minimum Gasteiger partial charge on any atom is -0.477 e. The van der Waals surface area contributed by atoms with Gasteiger partial charge in [0.15, 0.2) is 0 Å². The Kier molecular flexibility index (Phi) is 5.86. The van der Waals surface area contributed by atoms with Crippen LogP contribution in [0, 0.1) is 6.92 Å². The maximum atomic E-state index is 12.2. The Morgan fingerprint density at radius 3 is 2.54 bits per heavy atom. The Morgan fingerprint density at radius 2 is 1.91 bits per heavy atom. The summed E-state index contributed by atoms with van der Waals surface area (Å²) in [5.41, 5.74) is 6.36. The highest BCUT2D eigenvalue weighted by Crippen LogP contribution is 2.36. The van der Waals surface area contributed by atoms with E-state index in [2.05, 4.69) is 46.6 Å². The Bertz CT molecular complexity index is 1640. The van der Waals surface area contributed by atoms with Crippen LogP contribution in [0.15, 0.2) is 78.2 Å². The second kappa shape index (κ2) is 8.87. The number of aromatic carboxylic acids is 1. The van der Waals surface area contributed by atoms with Crippen molar-refractivity contribution in [3.63, 3.8) is 0 Å². The average molecular weight is 504 g/mol. The fourth-order valence-electron chi connectivity index (χ4n) is 4.30. The Balaban J connectivity index is 1.53. The van der Waals surface area contributed by atoms with E-state index in [1.807, 2.05) is 35.0 Å². The average Bonchev–Trinajstić information content (AvgIpc) is 3.54. The molecule has 3 heterocycles. The summed E-state index contributed by atoms with van der Waals surface area (Å²) in [6.45, 7) is 2.77. The van der Waals surface area contributed by atoms with Gasteiger partial charge in [-0.3, -0.25) is 4.21 Å². The number of nitrogens with zero attached hydrogens (tertiary/aromatic N) is 3. The standard InChI is InChI=1S/C27H25N3O3S2/c1-18-14-20(29-13-11-28-17-29)6-9-22(18)23-15-25-24(16-26(34-25)27(31)32)30(23)12-10-19-4-7-21(8-5-19)35(2,3)33/h4-9,11,13-17H,2,10,12H2,1,3H3,(H,31,32). The molecular weight excluding hydrogens is 478 g/mol. The molecule has 0 bridgehead atoms. The zero-order valence-electron chi connectivity index (χ0n) is 19.5. The van der Waals surface area contributed by atoms with E-state index in [-0.39, 0.29) is 0 Å². The minimum atomic E-state index is -2.24. The monoisotopic (exact) mass is 503 g/mol. The van der Waals surface area contributed by atoms with Gasteiger partial charge in [-0.15, -0.1) is 11.3 Å². The lowest BCUT2D eigenvalue weighted by Gasteiger charge is -2.14. The first-order valence-electron chi connectivity index (χ1n) is 11.1. The molecule has 178 valence electrons. The fraction of sp³-hybridized carbons (Fsp3) is 0.148. The molecule has 8 heteroatoms. The number of hydrogen-bond acceptors (Lipinski definition) is 4. The molecular formula is C27H25N3O3S2. The van der Waals surface area contributed by atoms with Crippen molar-refractivity contribution in [1.29, 1.82) is 0 Å². The maximum absolute atomic E-state index is 12.2. The summed E-state index contributed by atoms with van der Waals surface area (Å²) in [4.78, 5) is 16.8. The van der Waals surface area contributed by atoms with Gasteiger partial charge >= 0.3 is 5.97 Å². The highest BCUT2D eigenvalue weighted by molar-refractivity contribution is 7.99. The van der Waals surface area contributed by atoms with E-state index in [4.69, 9.17) is 0 Å². The van der Waals surface area contributed by atoms with Crippen LogP contribution in [-0.2, 0) is 22.5 Å². The molecule has 6 nitrogen and oxygen atoms in total. The zero-order chi connectivity index (χ0) is 24.7. The van der Waals surface area contributed by atoms with E-state index in [1.165, 1.54) is 11.3 Å². The lowest BCUT2D eigenvalue weighted by molar-refractivity contribution is 0.0702. The first-order chi connectivity index (χ1) is 16.7. The van der Waals surface area contributed by atoms with Crippen LogP contribution in [0.25, 0.3) is 27.2 Å². The summed E-state index contributed by atoms with van der Waals surface area (Å²) in [6.07, 6.45) is 7.84. The number of benzene rings is 2. The van der Waals surface area contributed by atoms with Crippen LogP contribution in [0.3, 0.4) is 0 Å². The van der Waals surface area contributed by atoms with E-state index in [0.717, 1.165) is 49.6 Å². The quantitative estimate of drug-likeness (QED) is 0.297. The first-order valence-corrected chi connectivity index (χ1v) is 14.0. The summed E-state index contributed by atoms with van der Waals surface area (Å²) < 4.78 is 17.3. The number of fused-ring (bicyclic) bond motifs is 1. The largest absolute Gasteiger partial charge is 0.477 e. The number of imidazole rings is 1. The SMILES string of the molecule is C=S(C)(=O)c1ccc(CCn2c(-c3ccc(-n4ccnc4)cc3C)cc3sc(C(=O)O)cc32)cc1. The second-order valence-electron chi connectivity index (χ2n) is 8.71. The highest BCUT2D eigenvalue weighted by Gasteiger charge is 2.18. The smallest absolute Gasteiger partial charge is 0.345 e. The predicted octanol–water partition coefficient (Wildman–Crippen LogP) is 5.51. The van der Waals surface area contributed by atoms with Gasteiger partial charge in [-0.05, 0) is 76.3 Å². The van der Waals surface area contributed by atoms with Crippen LogP contribution in [-0.4, -0.2) is 41.5 Å². The van der Waals surface area contributed by atoms with Crippen LogP contribution in [0.5, 0.6) is 0 Å². The fourth-order valence-corrected chi connectivity index (χ4v) is 5.95. The normalized spacial score (nSPS) is 13.2. The summed E-state index contributed by atoms with van der Waals surface area (Å²) in [5.74, 6) is 2.85. The molecule has 5 rings (SSSR count). The number of carboxylic acid groups (broad SMARTS) is 1. The van der Waals surface area contributed by atoms with Crippen molar-refractivity contribution in [2.75, 3.05) is 6.26 Å². The minimum absolute atomic E-state index is 0.333. The molecule has 0 saturated carbocycles. The van der Waals surface area contributed by atoms with E-state index < -0.39 is 15.5 Å². The molecule has 35 heavy (non-hydrogen) atoms. The maximum Gasteiger partial charge on any atom is 0.345 e. The third kappa shape index (κ3) is 4.54. The zero-order valence-corrected chi connectivity index (χ0v) is 21.1. The summed E-state index contributed by atoms with van der Waals surface area (Å²) in [5, 5.41) is 9.51. The number of rotatable bonds is 7. The van der Waals surface area contributed by atoms with Crippen molar-refractivity contribution in [3.8, 4) is 16.9 Å². The van der Waals surface area contributed by atoms with Crippen LogP contribution < -0.4 is 0 Å². The summed E-state index contributed by atoms with van der Waals surface area (Å²) in [6, 6.07) is 17.9. The van der Waals surface area contributed by atoms with Gasteiger partial charge in [0.25, 0.3) is 0 Å². The Hall–Kier alpha value is -3.62. The van der Waals surface area contributed by atoms with Gasteiger partial charge in [0.2, 0.25) is 0 Å². The lowest BCUT2D eigenvalue weighted by Crippen LogP contribution is -2.05. The molecule has 0 aliphatic carbocycles. The van der Waals surface area contributed by atoms with E-state index >= 15 is 0 Å². The molecule has 0 radical (unpaired) electrons. The topological polar surface area (TPSA) is 77.1 Å². The molecule has 0 amide bonds. The number of aryl methyl sites for hydroxylation is 3. The number of carbonyl (C=O) groups is 1. The van der Waals surface area contributed by atoms with Gasteiger partial charge < -0.3 is 14.2 Å². The molecule has 0 saturated heterocycles. The van der Waals surface area contributed by atoms with Crippen LogP contribution in [0.4, 0.5) is 0 Å². The molecule has 3 aromatic heterocycles. The molecule has 5 aromatic rings. The van der Waals surface area contributed by atoms with Crippen molar-refractivity contribution in [3.05, 3.63) is 89.3 Å². The van der Waals surface area contributed by atoms with Crippen molar-refractivity contribution in [2.45, 2.75) is 24.8 Å². The molecule has 2 aromatic carbocycles. The van der Waals surface area contributed by atoms with E-state index in [1.54, 1.807) is 24.8 Å². The molecule has 0 spiro atoms. The van der Waals surface area contributed by atoms with Crippen LogP contribution >= 0.6 is 11.3 Å². The first kappa shape index (κ1) is 23.1. The van der Waals surface area contributed by atoms with E-state index in [9.17, 15) is 14.1 Å². The van der Waals surface area contributed by atoms with Crippen molar-refractivity contribution in [2.24, 2.45) is 0 Å². The number of hydrogen-bond donors (Lipinski definition) is 1. The van der Waals surface area contributed by atoms with Gasteiger partial charge in [0.1, 0.15) is 4.88 Å². The number of thiophene rings is 1. The molecule has 0 aliphatic heterocycles. The molecule has 0 aliphatic rings. The predicted molar refractivity (Wildman–Crippen MR) is 144 cm³/mol. The molecule has 0 fully saturated rings. The van der Waals surface area contributed by atoms with Crippen molar-refractivity contribution < 1.29 is 14.1 Å². The van der Waals surface area contributed by atoms with Crippen LogP contribution in [0.2, 0.25) is 0 Å². The lowest BCUT2D eigenvalue weighted by atomic mass is 10.0. The second-order valence-corrected chi connectivity index (χ2v) is 12.3.